The van der Waals surface area contributed by atoms with Crippen molar-refractivity contribution in [2.45, 2.75) is 6.92 Å². The first-order chi connectivity index (χ1) is 13.3. The van der Waals surface area contributed by atoms with Crippen LogP contribution in [0.3, 0.4) is 0 Å². The zero-order chi connectivity index (χ0) is 20.3. The van der Waals surface area contributed by atoms with Crippen LogP contribution in [0.2, 0.25) is 15.1 Å². The molecule has 0 saturated carbocycles. The Morgan fingerprint density at radius 2 is 1.86 bits per heavy atom. The van der Waals surface area contributed by atoms with Gasteiger partial charge in [0, 0.05) is 15.6 Å². The fourth-order valence-corrected chi connectivity index (χ4v) is 4.13. The summed E-state index contributed by atoms with van der Waals surface area (Å²) in [5, 5.41) is 4.02. The molecule has 1 fully saturated rings. The Bertz CT molecular complexity index is 979. The van der Waals surface area contributed by atoms with E-state index in [1.807, 2.05) is 13.0 Å². The normalized spacial score (nSPS) is 15.1. The van der Waals surface area contributed by atoms with Crippen LogP contribution in [0.5, 0.6) is 11.5 Å². The van der Waals surface area contributed by atoms with Crippen LogP contribution in [0.25, 0.3) is 6.08 Å². The molecule has 2 aromatic rings. The van der Waals surface area contributed by atoms with Gasteiger partial charge >= 0.3 is 0 Å². The monoisotopic (exact) mass is 473 g/mol. The molecule has 28 heavy (non-hydrogen) atoms. The summed E-state index contributed by atoms with van der Waals surface area (Å²) < 4.78 is 11.9. The molecule has 0 atom stereocenters. The number of carbonyl (C=O) groups is 1. The number of hydrogen-bond acceptors (Lipinski definition) is 5. The molecule has 0 spiro atoms. The molecular formula is C19H14Cl3NO3S2. The van der Waals surface area contributed by atoms with Crippen LogP contribution in [0.4, 0.5) is 0 Å². The van der Waals surface area contributed by atoms with Crippen LogP contribution in [0, 0.1) is 6.92 Å². The summed E-state index contributed by atoms with van der Waals surface area (Å²) in [4.78, 5) is 12.4. The maximum Gasteiger partial charge on any atom is 0.263 e. The summed E-state index contributed by atoms with van der Waals surface area (Å²) in [7, 11) is 0. The molecule has 9 heteroatoms. The number of halogens is 3. The van der Waals surface area contributed by atoms with Crippen LogP contribution in [0.15, 0.2) is 35.2 Å². The van der Waals surface area contributed by atoms with E-state index in [0.29, 0.717) is 48.0 Å². The zero-order valence-electron chi connectivity index (χ0n) is 14.6. The number of aryl methyl sites for hydroxylation is 1. The highest BCUT2D eigenvalue weighted by molar-refractivity contribution is 8.26. The minimum Gasteiger partial charge on any atom is -0.490 e. The second-order valence-corrected chi connectivity index (χ2v) is 8.74. The fourth-order valence-electron chi connectivity index (χ4n) is 2.41. The Balaban J connectivity index is 1.71. The van der Waals surface area contributed by atoms with Gasteiger partial charge in [-0.2, -0.15) is 0 Å². The third kappa shape index (κ3) is 5.33. The van der Waals surface area contributed by atoms with Crippen molar-refractivity contribution in [2.24, 2.45) is 0 Å². The molecule has 3 rings (SSSR count). The van der Waals surface area contributed by atoms with E-state index in [-0.39, 0.29) is 12.5 Å². The number of amides is 1. The molecule has 1 saturated heterocycles. The van der Waals surface area contributed by atoms with Crippen molar-refractivity contribution in [3.63, 3.8) is 0 Å². The molecular weight excluding hydrogens is 461 g/mol. The van der Waals surface area contributed by atoms with Crippen molar-refractivity contribution < 1.29 is 14.3 Å². The molecule has 1 amide bonds. The van der Waals surface area contributed by atoms with Crippen LogP contribution in [-0.4, -0.2) is 23.4 Å². The van der Waals surface area contributed by atoms with Crippen molar-refractivity contribution in [3.05, 3.63) is 61.4 Å². The Kier molecular flexibility index (Phi) is 7.12. The number of thioether (sulfide) groups is 1. The minimum absolute atomic E-state index is 0.247. The third-order valence-electron chi connectivity index (χ3n) is 3.69. The largest absolute Gasteiger partial charge is 0.490 e. The van der Waals surface area contributed by atoms with Gasteiger partial charge in [-0.25, -0.2) is 0 Å². The lowest BCUT2D eigenvalue weighted by molar-refractivity contribution is -0.115. The lowest BCUT2D eigenvalue weighted by atomic mass is 10.2. The summed E-state index contributed by atoms with van der Waals surface area (Å²) in [5.41, 5.74) is 1.52. The van der Waals surface area contributed by atoms with Gasteiger partial charge in [0.2, 0.25) is 0 Å². The quantitative estimate of drug-likeness (QED) is 0.321. The van der Waals surface area contributed by atoms with Crippen molar-refractivity contribution in [1.29, 1.82) is 0 Å². The van der Waals surface area contributed by atoms with Gasteiger partial charge in [-0.1, -0.05) is 58.8 Å². The van der Waals surface area contributed by atoms with Gasteiger partial charge < -0.3 is 14.8 Å². The standard InChI is InChI=1S/C19H14Cl3NO3S2/c1-10-6-13(2-3-14(10)21)25-4-5-26-17-11(7-12(20)9-15(17)22)8-16-18(24)23-19(27)28-16/h2-3,6-9H,4-5H2,1H3,(H,23,24,27)/b16-8-. The Morgan fingerprint density at radius 3 is 2.54 bits per heavy atom. The van der Waals surface area contributed by atoms with Crippen LogP contribution >= 0.6 is 58.8 Å². The number of carbonyl (C=O) groups excluding carboxylic acids is 1. The van der Waals surface area contributed by atoms with Gasteiger partial charge in [-0.3, -0.25) is 4.79 Å². The first-order valence-corrected chi connectivity index (χ1v) is 10.4. The maximum atomic E-state index is 11.9. The summed E-state index contributed by atoms with van der Waals surface area (Å²) >= 11 is 24.6. The van der Waals surface area contributed by atoms with E-state index in [1.54, 1.807) is 30.3 Å². The van der Waals surface area contributed by atoms with Gasteiger partial charge in [0.25, 0.3) is 5.91 Å². The number of rotatable bonds is 6. The zero-order valence-corrected chi connectivity index (χ0v) is 18.5. The van der Waals surface area contributed by atoms with Crippen molar-refractivity contribution in [1.82, 2.24) is 5.32 Å². The molecule has 2 aromatic carbocycles. The van der Waals surface area contributed by atoms with E-state index in [9.17, 15) is 4.79 Å². The molecule has 0 aliphatic carbocycles. The van der Waals surface area contributed by atoms with E-state index in [1.165, 1.54) is 11.8 Å². The minimum atomic E-state index is -0.265. The van der Waals surface area contributed by atoms with E-state index in [0.717, 1.165) is 5.56 Å². The van der Waals surface area contributed by atoms with Crippen LogP contribution in [0.1, 0.15) is 11.1 Å². The van der Waals surface area contributed by atoms with E-state index in [4.69, 9.17) is 56.5 Å². The third-order valence-corrected chi connectivity index (χ3v) is 5.78. The van der Waals surface area contributed by atoms with Gasteiger partial charge in [0.05, 0.1) is 9.93 Å². The van der Waals surface area contributed by atoms with Gasteiger partial charge in [0.1, 0.15) is 29.0 Å². The summed E-state index contributed by atoms with van der Waals surface area (Å²) in [5.74, 6) is 0.849. The maximum absolute atomic E-state index is 11.9. The SMILES string of the molecule is Cc1cc(OCCOc2c(Cl)cc(Cl)cc2/C=C2\SC(=S)NC2=O)ccc1Cl. The molecule has 0 aromatic heterocycles. The summed E-state index contributed by atoms with van der Waals surface area (Å²) in [6.07, 6.45) is 1.65. The van der Waals surface area contributed by atoms with Crippen molar-refractivity contribution in [3.8, 4) is 11.5 Å². The number of thiocarbonyl (C=S) groups is 1. The predicted octanol–water partition coefficient (Wildman–Crippen LogP) is 5.90. The number of ether oxygens (including phenoxy) is 2. The number of hydrogen-bond donors (Lipinski definition) is 1. The molecule has 146 valence electrons. The fraction of sp³-hybridized carbons (Fsp3) is 0.158. The molecule has 0 bridgehead atoms. The van der Waals surface area contributed by atoms with E-state index in [2.05, 4.69) is 5.32 Å². The lowest BCUT2D eigenvalue weighted by Gasteiger charge is -2.13. The van der Waals surface area contributed by atoms with Crippen molar-refractivity contribution >= 4 is 75.1 Å². The molecule has 1 aliphatic rings. The van der Waals surface area contributed by atoms with Gasteiger partial charge in [-0.15, -0.1) is 0 Å². The second kappa shape index (κ2) is 9.37. The number of nitrogens with one attached hydrogen (secondary N) is 1. The highest BCUT2D eigenvalue weighted by Gasteiger charge is 2.23. The highest BCUT2D eigenvalue weighted by atomic mass is 35.5. The molecule has 1 heterocycles. The van der Waals surface area contributed by atoms with Crippen molar-refractivity contribution in [2.75, 3.05) is 13.2 Å². The molecule has 1 aliphatic heterocycles. The average molecular weight is 475 g/mol. The Labute approximate surface area is 187 Å². The Morgan fingerprint density at radius 1 is 1.11 bits per heavy atom. The first kappa shape index (κ1) is 21.3. The summed E-state index contributed by atoms with van der Waals surface area (Å²) in [6, 6.07) is 8.68. The molecule has 0 unspecified atom stereocenters. The second-order valence-electron chi connectivity index (χ2n) is 5.77. The number of benzene rings is 2. The lowest BCUT2D eigenvalue weighted by Crippen LogP contribution is -2.17. The molecule has 0 radical (unpaired) electrons. The molecule has 1 N–H and O–H groups in total. The van der Waals surface area contributed by atoms with E-state index >= 15 is 0 Å². The highest BCUT2D eigenvalue weighted by Crippen LogP contribution is 2.36. The van der Waals surface area contributed by atoms with Crippen LogP contribution in [-0.2, 0) is 4.79 Å². The average Bonchev–Trinajstić information content (AvgIpc) is 2.93. The van der Waals surface area contributed by atoms with Gasteiger partial charge in [-0.05, 0) is 48.9 Å². The van der Waals surface area contributed by atoms with Crippen LogP contribution < -0.4 is 14.8 Å². The first-order valence-electron chi connectivity index (χ1n) is 8.09. The Hall–Kier alpha value is -1.44. The van der Waals surface area contributed by atoms with Gasteiger partial charge in [0.15, 0.2) is 0 Å². The van der Waals surface area contributed by atoms with E-state index < -0.39 is 0 Å². The summed E-state index contributed by atoms with van der Waals surface area (Å²) in [6.45, 7) is 2.45. The smallest absolute Gasteiger partial charge is 0.263 e. The molecule has 4 nitrogen and oxygen atoms in total. The predicted molar refractivity (Wildman–Crippen MR) is 120 cm³/mol. The topological polar surface area (TPSA) is 47.6 Å².